The molecule has 110 valence electrons. The van der Waals surface area contributed by atoms with E-state index in [4.69, 9.17) is 19.3 Å². The van der Waals surface area contributed by atoms with Crippen LogP contribution < -0.4 is 4.74 Å². The van der Waals surface area contributed by atoms with Crippen LogP contribution in [-0.4, -0.2) is 49.5 Å². The highest BCUT2D eigenvalue weighted by Crippen LogP contribution is 2.24. The van der Waals surface area contributed by atoms with Crippen LogP contribution in [0.1, 0.15) is 10.4 Å². The minimum atomic E-state index is -1.21. The van der Waals surface area contributed by atoms with Crippen molar-refractivity contribution in [3.05, 3.63) is 33.9 Å². The van der Waals surface area contributed by atoms with Gasteiger partial charge in [0.25, 0.3) is 5.69 Å². The van der Waals surface area contributed by atoms with Gasteiger partial charge in [0, 0.05) is 13.2 Å². The maximum absolute atomic E-state index is 11.0. The van der Waals surface area contributed by atoms with Crippen LogP contribution in [0.2, 0.25) is 0 Å². The number of rotatable bonds is 9. The number of hydrogen-bond acceptors (Lipinski definition) is 6. The van der Waals surface area contributed by atoms with E-state index >= 15 is 0 Å². The smallest absolute Gasteiger partial charge is 0.339 e. The van der Waals surface area contributed by atoms with E-state index in [1.54, 1.807) is 7.11 Å². The number of nitrogens with zero attached hydrogens (tertiary/aromatic N) is 1. The van der Waals surface area contributed by atoms with Crippen molar-refractivity contribution in [1.29, 1.82) is 0 Å². The third-order valence-corrected chi connectivity index (χ3v) is 2.32. The van der Waals surface area contributed by atoms with Crippen LogP contribution in [0.4, 0.5) is 5.69 Å². The molecule has 0 amide bonds. The molecule has 20 heavy (non-hydrogen) atoms. The molecule has 0 radical (unpaired) electrons. The second-order valence-electron chi connectivity index (χ2n) is 3.70. The van der Waals surface area contributed by atoms with Crippen molar-refractivity contribution in [2.45, 2.75) is 0 Å². The first kappa shape index (κ1) is 15.9. The number of benzene rings is 1. The van der Waals surface area contributed by atoms with Gasteiger partial charge in [-0.2, -0.15) is 0 Å². The number of aromatic carboxylic acids is 1. The fourth-order valence-electron chi connectivity index (χ4n) is 1.38. The molecule has 0 heterocycles. The molecule has 0 atom stereocenters. The van der Waals surface area contributed by atoms with Crippen molar-refractivity contribution in [2.24, 2.45) is 0 Å². The second-order valence-corrected chi connectivity index (χ2v) is 3.70. The summed E-state index contributed by atoms with van der Waals surface area (Å²) < 4.78 is 15.1. The lowest BCUT2D eigenvalue weighted by molar-refractivity contribution is -0.384. The Bertz CT molecular complexity index is 475. The summed E-state index contributed by atoms with van der Waals surface area (Å²) in [6.07, 6.45) is 0. The summed E-state index contributed by atoms with van der Waals surface area (Å²) in [4.78, 5) is 21.0. The summed E-state index contributed by atoms with van der Waals surface area (Å²) in [5.74, 6) is -1.27. The lowest BCUT2D eigenvalue weighted by atomic mass is 10.2. The predicted octanol–water partition coefficient (Wildman–Crippen LogP) is 1.33. The van der Waals surface area contributed by atoms with Crippen molar-refractivity contribution in [3.8, 4) is 5.75 Å². The molecule has 8 nitrogen and oxygen atoms in total. The van der Waals surface area contributed by atoms with E-state index < -0.39 is 10.9 Å². The molecule has 8 heteroatoms. The molecular weight excluding hydrogens is 270 g/mol. The van der Waals surface area contributed by atoms with Crippen molar-refractivity contribution >= 4 is 11.7 Å². The Morgan fingerprint density at radius 3 is 2.60 bits per heavy atom. The number of carbonyl (C=O) groups is 1. The van der Waals surface area contributed by atoms with Crippen LogP contribution in [0, 0.1) is 10.1 Å². The molecule has 0 unspecified atom stereocenters. The second kappa shape index (κ2) is 8.08. The monoisotopic (exact) mass is 285 g/mol. The fraction of sp³-hybridized carbons (Fsp3) is 0.417. The maximum Gasteiger partial charge on any atom is 0.339 e. The van der Waals surface area contributed by atoms with Gasteiger partial charge in [-0.05, 0) is 6.07 Å². The number of ether oxygens (including phenoxy) is 3. The quantitative estimate of drug-likeness (QED) is 0.414. The zero-order valence-electron chi connectivity index (χ0n) is 10.9. The summed E-state index contributed by atoms with van der Waals surface area (Å²) in [7, 11) is 1.54. The number of carboxylic acid groups (broad SMARTS) is 1. The standard InChI is InChI=1S/C12H15NO7/c1-18-4-5-19-6-7-20-11-8-9(13(16)17)2-3-10(11)12(14)15/h2-3,8H,4-7H2,1H3,(H,14,15). The maximum atomic E-state index is 11.0. The van der Waals surface area contributed by atoms with Crippen LogP contribution in [0.25, 0.3) is 0 Å². The Morgan fingerprint density at radius 2 is 2.00 bits per heavy atom. The van der Waals surface area contributed by atoms with E-state index in [9.17, 15) is 14.9 Å². The number of nitro benzene ring substituents is 1. The minimum absolute atomic E-state index is 0.0537. The predicted molar refractivity (Wildman–Crippen MR) is 68.2 cm³/mol. The topological polar surface area (TPSA) is 108 Å². The van der Waals surface area contributed by atoms with Gasteiger partial charge >= 0.3 is 5.97 Å². The summed E-state index contributed by atoms with van der Waals surface area (Å²) in [6, 6.07) is 3.34. The molecule has 0 aliphatic heterocycles. The van der Waals surface area contributed by atoms with Gasteiger partial charge in [-0.25, -0.2) is 4.79 Å². The number of hydrogen-bond donors (Lipinski definition) is 1. The molecule has 0 aromatic heterocycles. The van der Waals surface area contributed by atoms with E-state index in [0.29, 0.717) is 13.2 Å². The van der Waals surface area contributed by atoms with E-state index in [1.807, 2.05) is 0 Å². The minimum Gasteiger partial charge on any atom is -0.490 e. The van der Waals surface area contributed by atoms with Gasteiger partial charge in [-0.15, -0.1) is 0 Å². The van der Waals surface area contributed by atoms with Gasteiger partial charge in [0.15, 0.2) is 0 Å². The molecule has 0 bridgehead atoms. The van der Waals surface area contributed by atoms with Gasteiger partial charge < -0.3 is 19.3 Å². The Balaban J connectivity index is 2.63. The van der Waals surface area contributed by atoms with Crippen LogP contribution >= 0.6 is 0 Å². The first-order valence-corrected chi connectivity index (χ1v) is 5.77. The van der Waals surface area contributed by atoms with E-state index in [1.165, 1.54) is 0 Å². The van der Waals surface area contributed by atoms with Crippen molar-refractivity contribution in [1.82, 2.24) is 0 Å². The van der Waals surface area contributed by atoms with E-state index in [-0.39, 0.29) is 30.2 Å². The molecule has 1 aromatic carbocycles. The molecule has 0 saturated heterocycles. The van der Waals surface area contributed by atoms with Crippen molar-refractivity contribution in [3.63, 3.8) is 0 Å². The van der Waals surface area contributed by atoms with Gasteiger partial charge in [-0.3, -0.25) is 10.1 Å². The third kappa shape index (κ3) is 4.82. The number of carboxylic acids is 1. The summed E-state index contributed by atoms with van der Waals surface area (Å²) in [6.45, 7) is 1.15. The van der Waals surface area contributed by atoms with Crippen LogP contribution in [-0.2, 0) is 9.47 Å². The van der Waals surface area contributed by atoms with Crippen LogP contribution in [0.15, 0.2) is 18.2 Å². The van der Waals surface area contributed by atoms with Crippen LogP contribution in [0.3, 0.4) is 0 Å². The average Bonchev–Trinajstić information content (AvgIpc) is 2.42. The molecule has 1 rings (SSSR count). The first-order valence-electron chi connectivity index (χ1n) is 5.77. The van der Waals surface area contributed by atoms with Crippen molar-refractivity contribution in [2.75, 3.05) is 33.5 Å². The third-order valence-electron chi connectivity index (χ3n) is 2.32. The summed E-state index contributed by atoms with van der Waals surface area (Å²) >= 11 is 0. The average molecular weight is 285 g/mol. The highest BCUT2D eigenvalue weighted by Gasteiger charge is 2.16. The molecule has 0 aliphatic rings. The lowest BCUT2D eigenvalue weighted by Crippen LogP contribution is -2.12. The molecule has 1 N–H and O–H groups in total. The van der Waals surface area contributed by atoms with Gasteiger partial charge in [0.05, 0.1) is 30.8 Å². The normalized spacial score (nSPS) is 10.2. The SMILES string of the molecule is COCCOCCOc1cc([N+](=O)[O-])ccc1C(=O)O. The van der Waals surface area contributed by atoms with Gasteiger partial charge in [-0.1, -0.05) is 0 Å². The Morgan fingerprint density at radius 1 is 1.30 bits per heavy atom. The molecule has 0 aliphatic carbocycles. The highest BCUT2D eigenvalue weighted by atomic mass is 16.6. The molecule has 0 saturated carbocycles. The number of methoxy groups -OCH3 is 1. The molecular formula is C12H15NO7. The molecule has 0 spiro atoms. The Hall–Kier alpha value is -2.19. The van der Waals surface area contributed by atoms with E-state index in [0.717, 1.165) is 18.2 Å². The summed E-state index contributed by atoms with van der Waals surface area (Å²) in [5.41, 5.74) is -0.363. The first-order chi connectivity index (χ1) is 9.56. The molecule has 0 fully saturated rings. The van der Waals surface area contributed by atoms with Gasteiger partial charge in [0.2, 0.25) is 0 Å². The van der Waals surface area contributed by atoms with Crippen LogP contribution in [0.5, 0.6) is 5.75 Å². The Labute approximate surface area is 115 Å². The molecule has 1 aromatic rings. The fourth-order valence-corrected chi connectivity index (χ4v) is 1.38. The Kier molecular flexibility index (Phi) is 6.41. The van der Waals surface area contributed by atoms with Crippen molar-refractivity contribution < 1.29 is 29.0 Å². The lowest BCUT2D eigenvalue weighted by Gasteiger charge is -2.09. The highest BCUT2D eigenvalue weighted by molar-refractivity contribution is 5.91. The van der Waals surface area contributed by atoms with E-state index in [2.05, 4.69) is 0 Å². The largest absolute Gasteiger partial charge is 0.490 e. The van der Waals surface area contributed by atoms with Gasteiger partial charge in [0.1, 0.15) is 17.9 Å². The number of non-ortho nitro benzene ring substituents is 1. The zero-order valence-corrected chi connectivity index (χ0v) is 10.9. The zero-order chi connectivity index (χ0) is 15.0. The number of nitro groups is 1. The summed E-state index contributed by atoms with van der Waals surface area (Å²) in [5, 5.41) is 19.6.